The Morgan fingerprint density at radius 1 is 1.08 bits per heavy atom. The fraction of sp³-hybridized carbons (Fsp3) is 0.905. The smallest absolute Gasteiger partial charge is 0.302 e. The van der Waals surface area contributed by atoms with Crippen molar-refractivity contribution in [3.05, 3.63) is 0 Å². The van der Waals surface area contributed by atoms with Crippen molar-refractivity contribution in [2.24, 2.45) is 28.6 Å². The summed E-state index contributed by atoms with van der Waals surface area (Å²) in [5.74, 6) is 1.42. The standard InChI is InChI=1S/C21H32O4/c1-13(22)25-15-6-9-19(2)14(12-15)4-5-17-16(19)7-10-20(3)18(23)8-11-21(17,20)24/h14-17,24H,4-12H2,1-3H3/t14?,15?,16-,17-,19+,20-,21-/m1/s1. The predicted molar refractivity (Wildman–Crippen MR) is 93.7 cm³/mol. The molecule has 7 atom stereocenters. The van der Waals surface area contributed by atoms with E-state index < -0.39 is 11.0 Å². The third-order valence-corrected chi connectivity index (χ3v) is 8.85. The lowest BCUT2D eigenvalue weighted by Crippen LogP contribution is -2.62. The monoisotopic (exact) mass is 348 g/mol. The summed E-state index contributed by atoms with van der Waals surface area (Å²) in [5, 5.41) is 11.6. The molecule has 1 N–H and O–H groups in total. The molecule has 0 aromatic heterocycles. The summed E-state index contributed by atoms with van der Waals surface area (Å²) in [6.45, 7) is 5.92. The summed E-state index contributed by atoms with van der Waals surface area (Å²) in [4.78, 5) is 23.8. The number of hydrogen-bond donors (Lipinski definition) is 1. The van der Waals surface area contributed by atoms with E-state index in [1.165, 1.54) is 6.92 Å². The van der Waals surface area contributed by atoms with Crippen LogP contribution >= 0.6 is 0 Å². The summed E-state index contributed by atoms with van der Waals surface area (Å²) < 4.78 is 5.51. The molecule has 0 aromatic rings. The molecule has 4 rings (SSSR count). The maximum atomic E-state index is 12.5. The van der Waals surface area contributed by atoms with Crippen molar-refractivity contribution in [3.63, 3.8) is 0 Å². The SMILES string of the molecule is CC(=O)OC1CC[C@@]2(C)C(CC[C@@H]3[C@H]2CC[C@]2(C)C(=O)CC[C@@]32O)C1. The van der Waals surface area contributed by atoms with Crippen LogP contribution in [0.4, 0.5) is 0 Å². The first kappa shape index (κ1) is 17.5. The van der Waals surface area contributed by atoms with Gasteiger partial charge in [0.1, 0.15) is 11.9 Å². The Morgan fingerprint density at radius 2 is 1.84 bits per heavy atom. The predicted octanol–water partition coefficient (Wildman–Crippen LogP) is 3.64. The molecule has 4 saturated carbocycles. The number of carbonyl (C=O) groups is 2. The molecular formula is C21H32O4. The first-order valence-corrected chi connectivity index (χ1v) is 10.1. The summed E-state index contributed by atoms with van der Waals surface area (Å²) in [6.07, 6.45) is 8.22. The fourth-order valence-electron chi connectivity index (χ4n) is 7.29. The topological polar surface area (TPSA) is 63.6 Å². The van der Waals surface area contributed by atoms with Gasteiger partial charge >= 0.3 is 5.97 Å². The van der Waals surface area contributed by atoms with Gasteiger partial charge in [-0.1, -0.05) is 6.92 Å². The molecule has 25 heavy (non-hydrogen) atoms. The van der Waals surface area contributed by atoms with Crippen molar-refractivity contribution in [3.8, 4) is 0 Å². The molecule has 0 spiro atoms. The van der Waals surface area contributed by atoms with Gasteiger partial charge in [0, 0.05) is 13.3 Å². The average molecular weight is 348 g/mol. The fourth-order valence-corrected chi connectivity index (χ4v) is 7.29. The van der Waals surface area contributed by atoms with Crippen LogP contribution in [-0.2, 0) is 14.3 Å². The number of fused-ring (bicyclic) bond motifs is 5. The van der Waals surface area contributed by atoms with E-state index in [0.717, 1.165) is 44.9 Å². The molecule has 0 amide bonds. The van der Waals surface area contributed by atoms with Crippen molar-refractivity contribution in [2.45, 2.75) is 90.3 Å². The molecule has 4 fully saturated rings. The Balaban J connectivity index is 1.59. The van der Waals surface area contributed by atoms with E-state index in [-0.39, 0.29) is 29.2 Å². The van der Waals surface area contributed by atoms with Crippen molar-refractivity contribution in [2.75, 3.05) is 0 Å². The Morgan fingerprint density at radius 3 is 2.56 bits per heavy atom. The van der Waals surface area contributed by atoms with Gasteiger partial charge < -0.3 is 9.84 Å². The zero-order chi connectivity index (χ0) is 18.0. The minimum absolute atomic E-state index is 0.0668. The van der Waals surface area contributed by atoms with E-state index in [1.807, 2.05) is 6.92 Å². The molecule has 0 aliphatic heterocycles. The van der Waals surface area contributed by atoms with Gasteiger partial charge in [-0.05, 0) is 81.5 Å². The molecular weight excluding hydrogens is 316 g/mol. The van der Waals surface area contributed by atoms with Gasteiger partial charge in [0.15, 0.2) is 0 Å². The van der Waals surface area contributed by atoms with Crippen molar-refractivity contribution in [1.29, 1.82) is 0 Å². The maximum absolute atomic E-state index is 12.5. The number of Topliss-reactive ketones (excluding diaryl/α,β-unsaturated/α-hetero) is 1. The molecule has 4 nitrogen and oxygen atoms in total. The second-order valence-electron chi connectivity index (χ2n) is 9.72. The highest BCUT2D eigenvalue weighted by Gasteiger charge is 2.67. The van der Waals surface area contributed by atoms with Crippen LogP contribution in [0.15, 0.2) is 0 Å². The van der Waals surface area contributed by atoms with Crippen LogP contribution < -0.4 is 0 Å². The van der Waals surface area contributed by atoms with Crippen molar-refractivity contribution in [1.82, 2.24) is 0 Å². The molecule has 0 heterocycles. The quantitative estimate of drug-likeness (QED) is 0.735. The van der Waals surface area contributed by atoms with Gasteiger partial charge in [0.2, 0.25) is 0 Å². The van der Waals surface area contributed by atoms with Gasteiger partial charge in [-0.15, -0.1) is 0 Å². The second kappa shape index (κ2) is 5.55. The normalized spacial score (nSPS) is 52.1. The molecule has 0 radical (unpaired) electrons. The molecule has 4 aliphatic carbocycles. The van der Waals surface area contributed by atoms with Crippen LogP contribution in [-0.4, -0.2) is 28.6 Å². The van der Waals surface area contributed by atoms with E-state index in [4.69, 9.17) is 4.74 Å². The lowest BCUT2D eigenvalue weighted by molar-refractivity contribution is -0.203. The van der Waals surface area contributed by atoms with Crippen LogP contribution in [0.2, 0.25) is 0 Å². The summed E-state index contributed by atoms with van der Waals surface area (Å²) in [7, 11) is 0. The molecule has 4 aliphatic rings. The number of ether oxygens (including phenoxy) is 1. The summed E-state index contributed by atoms with van der Waals surface area (Å²) >= 11 is 0. The van der Waals surface area contributed by atoms with Crippen LogP contribution in [0.5, 0.6) is 0 Å². The number of esters is 1. The first-order chi connectivity index (χ1) is 11.7. The van der Waals surface area contributed by atoms with Crippen LogP contribution in [0.25, 0.3) is 0 Å². The molecule has 0 bridgehead atoms. The van der Waals surface area contributed by atoms with Crippen LogP contribution in [0.1, 0.15) is 78.6 Å². The highest BCUT2D eigenvalue weighted by Crippen LogP contribution is 2.66. The summed E-state index contributed by atoms with van der Waals surface area (Å²) in [6, 6.07) is 0. The lowest BCUT2D eigenvalue weighted by Gasteiger charge is -2.62. The van der Waals surface area contributed by atoms with E-state index >= 15 is 0 Å². The minimum atomic E-state index is -0.798. The molecule has 140 valence electrons. The zero-order valence-corrected chi connectivity index (χ0v) is 15.8. The Hall–Kier alpha value is -0.900. The van der Waals surface area contributed by atoms with Gasteiger partial charge in [0.05, 0.1) is 11.0 Å². The van der Waals surface area contributed by atoms with Gasteiger partial charge in [-0.25, -0.2) is 0 Å². The van der Waals surface area contributed by atoms with Crippen molar-refractivity contribution < 1.29 is 19.4 Å². The Labute approximate surface area is 150 Å². The minimum Gasteiger partial charge on any atom is -0.463 e. The van der Waals surface area contributed by atoms with E-state index in [0.29, 0.717) is 24.7 Å². The number of hydrogen-bond acceptors (Lipinski definition) is 4. The number of carbonyl (C=O) groups excluding carboxylic acids is 2. The van der Waals surface area contributed by atoms with Gasteiger partial charge in [-0.3, -0.25) is 9.59 Å². The number of ketones is 1. The number of rotatable bonds is 1. The van der Waals surface area contributed by atoms with Crippen molar-refractivity contribution >= 4 is 11.8 Å². The van der Waals surface area contributed by atoms with Crippen LogP contribution in [0.3, 0.4) is 0 Å². The molecule has 4 heteroatoms. The van der Waals surface area contributed by atoms with E-state index in [9.17, 15) is 14.7 Å². The van der Waals surface area contributed by atoms with Gasteiger partial charge in [-0.2, -0.15) is 0 Å². The molecule has 2 unspecified atom stereocenters. The van der Waals surface area contributed by atoms with Crippen LogP contribution in [0, 0.1) is 28.6 Å². The lowest BCUT2D eigenvalue weighted by atomic mass is 9.44. The highest BCUT2D eigenvalue weighted by atomic mass is 16.5. The zero-order valence-electron chi connectivity index (χ0n) is 15.8. The van der Waals surface area contributed by atoms with E-state index in [2.05, 4.69) is 6.92 Å². The molecule has 0 saturated heterocycles. The molecule has 0 aromatic carbocycles. The van der Waals surface area contributed by atoms with Gasteiger partial charge in [0.25, 0.3) is 0 Å². The average Bonchev–Trinajstić information content (AvgIpc) is 2.79. The Kier molecular flexibility index (Phi) is 3.89. The highest BCUT2D eigenvalue weighted by molar-refractivity contribution is 5.88. The largest absolute Gasteiger partial charge is 0.463 e. The summed E-state index contributed by atoms with van der Waals surface area (Å²) in [5.41, 5.74) is -1.11. The van der Waals surface area contributed by atoms with E-state index in [1.54, 1.807) is 0 Å². The Bertz CT molecular complexity index is 601. The maximum Gasteiger partial charge on any atom is 0.302 e. The number of aliphatic hydroxyl groups is 1. The third-order valence-electron chi connectivity index (χ3n) is 8.85. The third kappa shape index (κ3) is 2.28. The first-order valence-electron chi connectivity index (χ1n) is 10.1. The second-order valence-corrected chi connectivity index (χ2v) is 9.72.